The first-order valence-corrected chi connectivity index (χ1v) is 3.72. The van der Waals surface area contributed by atoms with Gasteiger partial charge in [-0.05, 0) is 6.92 Å². The third kappa shape index (κ3) is 1.04. The number of aryl methyl sites for hydroxylation is 1. The Hall–Kier alpha value is -2.25. The molecule has 0 atom stereocenters. The van der Waals surface area contributed by atoms with Crippen molar-refractivity contribution in [2.75, 3.05) is 5.73 Å². The number of hydrogen-bond donors (Lipinski definition) is 1. The summed E-state index contributed by atoms with van der Waals surface area (Å²) < 4.78 is 1.15. The van der Waals surface area contributed by atoms with Gasteiger partial charge in [0.05, 0.1) is 4.92 Å². The van der Waals surface area contributed by atoms with Crippen molar-refractivity contribution in [3.63, 3.8) is 0 Å². The lowest BCUT2D eigenvalue weighted by molar-refractivity contribution is -0.384. The zero-order valence-corrected chi connectivity index (χ0v) is 7.21. The van der Waals surface area contributed by atoms with E-state index in [1.54, 1.807) is 6.92 Å². The molecule has 0 fully saturated rings. The summed E-state index contributed by atoms with van der Waals surface area (Å²) in [5.74, 6) is 0.649. The highest BCUT2D eigenvalue weighted by molar-refractivity contribution is 5.55. The lowest BCUT2D eigenvalue weighted by atomic mass is 10.5. The van der Waals surface area contributed by atoms with Gasteiger partial charge >= 0.3 is 5.69 Å². The Bertz CT molecular complexity index is 518. The largest absolute Gasteiger partial charge is 0.378 e. The Labute approximate surface area is 77.5 Å². The molecular formula is C6H6N6O2. The summed E-state index contributed by atoms with van der Waals surface area (Å²) in [6, 6.07) is 0. The fourth-order valence-electron chi connectivity index (χ4n) is 1.08. The molecule has 8 heteroatoms. The molecule has 8 nitrogen and oxygen atoms in total. The number of aromatic nitrogens is 4. The summed E-state index contributed by atoms with van der Waals surface area (Å²) >= 11 is 0. The van der Waals surface area contributed by atoms with Gasteiger partial charge in [-0.15, -0.1) is 5.10 Å². The summed E-state index contributed by atoms with van der Waals surface area (Å²) in [4.78, 5) is 17.5. The normalized spacial score (nSPS) is 10.6. The van der Waals surface area contributed by atoms with Crippen LogP contribution in [0.3, 0.4) is 0 Å². The van der Waals surface area contributed by atoms with E-state index in [9.17, 15) is 10.1 Å². The SMILES string of the molecule is Cc1nc2ncc([N+](=O)[O-])c(N)n2n1. The van der Waals surface area contributed by atoms with Crippen molar-refractivity contribution in [2.45, 2.75) is 6.92 Å². The van der Waals surface area contributed by atoms with Gasteiger partial charge < -0.3 is 5.73 Å². The van der Waals surface area contributed by atoms with E-state index in [2.05, 4.69) is 15.1 Å². The molecule has 0 spiro atoms. The number of fused-ring (bicyclic) bond motifs is 1. The van der Waals surface area contributed by atoms with E-state index < -0.39 is 4.92 Å². The van der Waals surface area contributed by atoms with Crippen molar-refractivity contribution < 1.29 is 4.92 Å². The van der Waals surface area contributed by atoms with Crippen molar-refractivity contribution in [1.29, 1.82) is 0 Å². The third-order valence-electron chi connectivity index (χ3n) is 1.69. The van der Waals surface area contributed by atoms with Crippen molar-refractivity contribution in [2.24, 2.45) is 0 Å². The number of anilines is 1. The summed E-state index contributed by atoms with van der Waals surface area (Å²) in [7, 11) is 0. The van der Waals surface area contributed by atoms with Crippen LogP contribution in [0.15, 0.2) is 6.20 Å². The highest BCUT2D eigenvalue weighted by atomic mass is 16.6. The summed E-state index contributed by atoms with van der Waals surface area (Å²) in [6.07, 6.45) is 1.07. The molecule has 2 N–H and O–H groups in total. The first-order valence-electron chi connectivity index (χ1n) is 3.72. The van der Waals surface area contributed by atoms with Gasteiger partial charge in [-0.1, -0.05) is 0 Å². The van der Waals surface area contributed by atoms with Gasteiger partial charge in [-0.25, -0.2) is 4.98 Å². The van der Waals surface area contributed by atoms with Gasteiger partial charge in [-0.2, -0.15) is 9.50 Å². The second-order valence-electron chi connectivity index (χ2n) is 2.66. The molecule has 0 aromatic carbocycles. The average molecular weight is 194 g/mol. The molecular weight excluding hydrogens is 188 g/mol. The zero-order valence-electron chi connectivity index (χ0n) is 7.21. The van der Waals surface area contributed by atoms with E-state index in [0.717, 1.165) is 10.7 Å². The summed E-state index contributed by atoms with van der Waals surface area (Å²) in [5.41, 5.74) is 5.24. The Morgan fingerprint density at radius 3 is 3.00 bits per heavy atom. The van der Waals surface area contributed by atoms with E-state index in [1.165, 1.54) is 0 Å². The maximum absolute atomic E-state index is 10.5. The molecule has 0 aliphatic heterocycles. The number of nitrogens with two attached hydrogens (primary N) is 1. The first kappa shape index (κ1) is 8.35. The Balaban J connectivity index is 2.80. The monoisotopic (exact) mass is 194 g/mol. The molecule has 2 rings (SSSR count). The lowest BCUT2D eigenvalue weighted by Crippen LogP contribution is -2.04. The van der Waals surface area contributed by atoms with Gasteiger partial charge in [0.2, 0.25) is 5.82 Å². The van der Waals surface area contributed by atoms with Gasteiger partial charge in [0.15, 0.2) is 0 Å². The smallest absolute Gasteiger partial charge is 0.329 e. The molecule has 2 aromatic heterocycles. The molecule has 2 heterocycles. The van der Waals surface area contributed by atoms with E-state index in [4.69, 9.17) is 5.73 Å². The van der Waals surface area contributed by atoms with Crippen LogP contribution >= 0.6 is 0 Å². The highest BCUT2D eigenvalue weighted by Crippen LogP contribution is 2.19. The Morgan fingerprint density at radius 1 is 1.64 bits per heavy atom. The lowest BCUT2D eigenvalue weighted by Gasteiger charge is -1.97. The van der Waals surface area contributed by atoms with E-state index in [-0.39, 0.29) is 17.3 Å². The third-order valence-corrected chi connectivity index (χ3v) is 1.69. The topological polar surface area (TPSA) is 112 Å². The van der Waals surface area contributed by atoms with Crippen molar-refractivity contribution in [3.8, 4) is 0 Å². The van der Waals surface area contributed by atoms with E-state index >= 15 is 0 Å². The number of rotatable bonds is 1. The summed E-state index contributed by atoms with van der Waals surface area (Å²) in [5, 5.41) is 14.4. The van der Waals surface area contributed by atoms with Crippen LogP contribution in [-0.4, -0.2) is 24.5 Å². The molecule has 0 unspecified atom stereocenters. The molecule has 0 saturated carbocycles. The molecule has 2 aromatic rings. The zero-order chi connectivity index (χ0) is 10.3. The van der Waals surface area contributed by atoms with Crippen molar-refractivity contribution in [1.82, 2.24) is 19.6 Å². The fraction of sp³-hybridized carbons (Fsp3) is 0.167. The molecule has 0 amide bonds. The van der Waals surface area contributed by atoms with Gasteiger partial charge in [-0.3, -0.25) is 10.1 Å². The predicted octanol–water partition coefficient (Wildman–Crippen LogP) is -0.0769. The Kier molecular flexibility index (Phi) is 1.56. The van der Waals surface area contributed by atoms with Crippen LogP contribution in [0.5, 0.6) is 0 Å². The molecule has 0 aliphatic carbocycles. The van der Waals surface area contributed by atoms with Gasteiger partial charge in [0, 0.05) is 0 Å². The molecule has 0 bridgehead atoms. The van der Waals surface area contributed by atoms with Gasteiger partial charge in [0.1, 0.15) is 12.0 Å². The number of nitrogens with zero attached hydrogens (tertiary/aromatic N) is 5. The molecule has 0 saturated heterocycles. The second-order valence-corrected chi connectivity index (χ2v) is 2.66. The minimum atomic E-state index is -0.612. The van der Waals surface area contributed by atoms with Crippen molar-refractivity contribution >= 4 is 17.3 Å². The second kappa shape index (κ2) is 2.62. The minimum Gasteiger partial charge on any atom is -0.378 e. The average Bonchev–Trinajstić information content (AvgIpc) is 2.46. The predicted molar refractivity (Wildman–Crippen MR) is 46.6 cm³/mol. The summed E-state index contributed by atoms with van der Waals surface area (Å²) in [6.45, 7) is 1.65. The minimum absolute atomic E-state index is 0.0689. The number of nitrogen functional groups attached to an aromatic ring is 1. The van der Waals surface area contributed by atoms with Crippen LogP contribution in [0.25, 0.3) is 5.78 Å². The molecule has 0 aliphatic rings. The maximum atomic E-state index is 10.5. The Morgan fingerprint density at radius 2 is 2.36 bits per heavy atom. The maximum Gasteiger partial charge on any atom is 0.329 e. The van der Waals surface area contributed by atoms with E-state index in [1.807, 2.05) is 0 Å². The highest BCUT2D eigenvalue weighted by Gasteiger charge is 2.16. The number of hydrogen-bond acceptors (Lipinski definition) is 6. The van der Waals surface area contributed by atoms with Crippen LogP contribution in [0.2, 0.25) is 0 Å². The van der Waals surface area contributed by atoms with Crippen LogP contribution < -0.4 is 5.73 Å². The fourth-order valence-corrected chi connectivity index (χ4v) is 1.08. The molecule has 72 valence electrons. The van der Waals surface area contributed by atoms with Crippen LogP contribution in [0.1, 0.15) is 5.82 Å². The standard InChI is InChI=1S/C6H6N6O2/c1-3-9-6-8-2-4(12(13)14)5(7)11(6)10-3/h2H,7H2,1H3. The van der Waals surface area contributed by atoms with E-state index in [0.29, 0.717) is 5.82 Å². The quantitative estimate of drug-likeness (QED) is 0.502. The molecule has 14 heavy (non-hydrogen) atoms. The number of nitro groups is 1. The first-order chi connectivity index (χ1) is 6.59. The van der Waals surface area contributed by atoms with Crippen LogP contribution in [0, 0.1) is 17.0 Å². The van der Waals surface area contributed by atoms with Crippen LogP contribution in [0.4, 0.5) is 11.5 Å². The van der Waals surface area contributed by atoms with Gasteiger partial charge in [0.25, 0.3) is 5.78 Å². The van der Waals surface area contributed by atoms with Crippen molar-refractivity contribution in [3.05, 3.63) is 22.1 Å². The van der Waals surface area contributed by atoms with Crippen LogP contribution in [-0.2, 0) is 0 Å². The molecule has 0 radical (unpaired) electrons.